The summed E-state index contributed by atoms with van der Waals surface area (Å²) in [6.07, 6.45) is 0. The van der Waals surface area contributed by atoms with E-state index in [1.54, 1.807) is 0 Å². The fourth-order valence-corrected chi connectivity index (χ4v) is 2.38. The average Bonchev–Trinajstić information content (AvgIpc) is 2.13. The van der Waals surface area contributed by atoms with Crippen molar-refractivity contribution < 1.29 is 4.74 Å². The molecule has 0 fully saturated rings. The molecule has 0 saturated carbocycles. The standard InChI is InChI=1S/C7H3BrCl4O/c1-13-7-5(11)3(9)2(8)4(10)6(7)12/h1H3. The van der Waals surface area contributed by atoms with Crippen LogP contribution in [0.3, 0.4) is 0 Å². The second-order valence-electron chi connectivity index (χ2n) is 2.10. The molecule has 0 spiro atoms. The molecule has 0 heterocycles. The summed E-state index contributed by atoms with van der Waals surface area (Å²) in [4.78, 5) is 0. The van der Waals surface area contributed by atoms with Crippen LogP contribution in [-0.4, -0.2) is 7.11 Å². The number of ether oxygens (including phenoxy) is 1. The minimum absolute atomic E-state index is 0.241. The Morgan fingerprint density at radius 2 is 1.31 bits per heavy atom. The van der Waals surface area contributed by atoms with Crippen molar-refractivity contribution in [3.8, 4) is 5.75 Å². The Labute approximate surface area is 104 Å². The van der Waals surface area contributed by atoms with Gasteiger partial charge in [0.05, 0.1) is 21.6 Å². The van der Waals surface area contributed by atoms with Crippen molar-refractivity contribution in [2.45, 2.75) is 0 Å². The van der Waals surface area contributed by atoms with Gasteiger partial charge in [0.2, 0.25) is 0 Å². The first kappa shape index (κ1) is 11.7. The van der Waals surface area contributed by atoms with Crippen LogP contribution in [0.4, 0.5) is 0 Å². The molecule has 0 radical (unpaired) electrons. The number of hydrogen-bond donors (Lipinski definition) is 0. The highest BCUT2D eigenvalue weighted by molar-refractivity contribution is 9.10. The Hall–Kier alpha value is 0.660. The van der Waals surface area contributed by atoms with Crippen LogP contribution >= 0.6 is 62.3 Å². The Balaban J connectivity index is 3.56. The van der Waals surface area contributed by atoms with Crippen LogP contribution in [0.2, 0.25) is 20.1 Å². The summed E-state index contributed by atoms with van der Waals surface area (Å²) in [7, 11) is 1.44. The largest absolute Gasteiger partial charge is 0.494 e. The van der Waals surface area contributed by atoms with Crippen LogP contribution in [0.1, 0.15) is 0 Å². The van der Waals surface area contributed by atoms with Gasteiger partial charge in [-0.2, -0.15) is 0 Å². The van der Waals surface area contributed by atoms with Crippen molar-refractivity contribution in [3.63, 3.8) is 0 Å². The lowest BCUT2D eigenvalue weighted by atomic mass is 10.3. The van der Waals surface area contributed by atoms with Crippen LogP contribution in [0.15, 0.2) is 4.47 Å². The van der Waals surface area contributed by atoms with Gasteiger partial charge in [0.25, 0.3) is 0 Å². The maximum atomic E-state index is 5.85. The van der Waals surface area contributed by atoms with Gasteiger partial charge < -0.3 is 4.74 Å². The normalized spacial score (nSPS) is 10.3. The third kappa shape index (κ3) is 2.02. The first-order valence-electron chi connectivity index (χ1n) is 3.06. The summed E-state index contributed by atoms with van der Waals surface area (Å²) in [6, 6.07) is 0. The summed E-state index contributed by atoms with van der Waals surface area (Å²) in [6.45, 7) is 0. The number of rotatable bonds is 1. The van der Waals surface area contributed by atoms with Crippen LogP contribution in [0.5, 0.6) is 5.75 Å². The molecule has 1 aromatic rings. The van der Waals surface area contributed by atoms with Crippen LogP contribution in [-0.2, 0) is 0 Å². The first-order chi connectivity index (χ1) is 6.00. The van der Waals surface area contributed by atoms with Gasteiger partial charge in [0.15, 0.2) is 5.75 Å². The fourth-order valence-electron chi connectivity index (χ4n) is 0.764. The topological polar surface area (TPSA) is 9.23 Å². The summed E-state index contributed by atoms with van der Waals surface area (Å²) in [5.41, 5.74) is 0. The molecule has 0 bridgehead atoms. The van der Waals surface area contributed by atoms with Crippen molar-refractivity contribution >= 4 is 62.3 Å². The van der Waals surface area contributed by atoms with E-state index >= 15 is 0 Å². The molecule has 13 heavy (non-hydrogen) atoms. The quantitative estimate of drug-likeness (QED) is 0.517. The van der Waals surface area contributed by atoms with Gasteiger partial charge in [0.1, 0.15) is 10.0 Å². The highest BCUT2D eigenvalue weighted by Crippen LogP contribution is 2.47. The van der Waals surface area contributed by atoms with Crippen LogP contribution in [0, 0.1) is 0 Å². The number of methoxy groups -OCH3 is 1. The summed E-state index contributed by atoms with van der Waals surface area (Å²) in [5, 5.41) is 1.05. The molecular weight excluding hydrogens is 322 g/mol. The maximum absolute atomic E-state index is 5.85. The van der Waals surface area contributed by atoms with Crippen molar-refractivity contribution in [1.82, 2.24) is 0 Å². The van der Waals surface area contributed by atoms with Gasteiger partial charge in [0, 0.05) is 0 Å². The first-order valence-corrected chi connectivity index (χ1v) is 5.36. The van der Waals surface area contributed by atoms with Crippen LogP contribution < -0.4 is 4.74 Å². The SMILES string of the molecule is COc1c(Cl)c(Cl)c(Br)c(Cl)c1Cl. The van der Waals surface area contributed by atoms with Crippen molar-refractivity contribution in [2.24, 2.45) is 0 Å². The van der Waals surface area contributed by atoms with Crippen molar-refractivity contribution in [2.75, 3.05) is 7.11 Å². The molecule has 1 aromatic carbocycles. The molecule has 0 atom stereocenters. The fraction of sp³-hybridized carbons (Fsp3) is 0.143. The molecule has 0 unspecified atom stereocenters. The van der Waals surface area contributed by atoms with Crippen molar-refractivity contribution in [1.29, 1.82) is 0 Å². The van der Waals surface area contributed by atoms with E-state index in [1.165, 1.54) is 7.11 Å². The highest BCUT2D eigenvalue weighted by atomic mass is 79.9. The minimum atomic E-state index is 0.241. The van der Waals surface area contributed by atoms with Crippen LogP contribution in [0.25, 0.3) is 0 Å². The average molecular weight is 325 g/mol. The number of benzene rings is 1. The van der Waals surface area contributed by atoms with Gasteiger partial charge in [-0.05, 0) is 15.9 Å². The molecule has 1 rings (SSSR count). The smallest absolute Gasteiger partial charge is 0.159 e. The van der Waals surface area contributed by atoms with E-state index in [-0.39, 0.29) is 25.8 Å². The number of halogens is 5. The Bertz CT molecular complexity index is 324. The van der Waals surface area contributed by atoms with E-state index < -0.39 is 0 Å². The lowest BCUT2D eigenvalue weighted by molar-refractivity contribution is 0.415. The molecule has 0 aliphatic carbocycles. The minimum Gasteiger partial charge on any atom is -0.494 e. The Morgan fingerprint density at radius 1 is 0.923 bits per heavy atom. The molecule has 0 N–H and O–H groups in total. The van der Waals surface area contributed by atoms with Gasteiger partial charge in [-0.25, -0.2) is 0 Å². The van der Waals surface area contributed by atoms with Gasteiger partial charge in [-0.3, -0.25) is 0 Å². The van der Waals surface area contributed by atoms with E-state index in [0.717, 1.165) is 0 Å². The lowest BCUT2D eigenvalue weighted by Gasteiger charge is -2.10. The predicted molar refractivity (Wildman–Crippen MR) is 60.7 cm³/mol. The molecule has 0 amide bonds. The van der Waals surface area contributed by atoms with E-state index in [0.29, 0.717) is 4.47 Å². The summed E-state index contributed by atoms with van der Waals surface area (Å²) in [5.74, 6) is 0.279. The second kappa shape index (κ2) is 4.45. The number of hydrogen-bond acceptors (Lipinski definition) is 1. The molecule has 1 nitrogen and oxygen atoms in total. The molecule has 0 saturated heterocycles. The van der Waals surface area contributed by atoms with Gasteiger partial charge >= 0.3 is 0 Å². The van der Waals surface area contributed by atoms with E-state index in [1.807, 2.05) is 0 Å². The van der Waals surface area contributed by atoms with Gasteiger partial charge in [-0.15, -0.1) is 0 Å². The van der Waals surface area contributed by atoms with Gasteiger partial charge in [-0.1, -0.05) is 46.4 Å². The highest BCUT2D eigenvalue weighted by Gasteiger charge is 2.19. The predicted octanol–water partition coefficient (Wildman–Crippen LogP) is 5.07. The summed E-state index contributed by atoms with van der Waals surface area (Å²) < 4.78 is 5.40. The van der Waals surface area contributed by atoms with Crippen molar-refractivity contribution in [3.05, 3.63) is 24.6 Å². The van der Waals surface area contributed by atoms with E-state index in [9.17, 15) is 0 Å². The third-order valence-corrected chi connectivity index (χ3v) is 4.29. The second-order valence-corrected chi connectivity index (χ2v) is 4.41. The molecule has 0 aliphatic rings. The summed E-state index contributed by atoms with van der Waals surface area (Å²) >= 11 is 26.5. The molecular formula is C7H3BrCl4O. The molecule has 0 aliphatic heterocycles. The zero-order valence-corrected chi connectivity index (χ0v) is 10.9. The van der Waals surface area contributed by atoms with E-state index in [2.05, 4.69) is 15.9 Å². The van der Waals surface area contributed by atoms with E-state index in [4.69, 9.17) is 51.1 Å². The Kier molecular flexibility index (Phi) is 4.02. The third-order valence-electron chi connectivity index (χ3n) is 1.37. The maximum Gasteiger partial charge on any atom is 0.159 e. The zero-order chi connectivity index (χ0) is 10.2. The molecule has 0 aromatic heterocycles. The zero-order valence-electron chi connectivity index (χ0n) is 6.30. The molecule has 72 valence electrons. The molecule has 6 heteroatoms. The Morgan fingerprint density at radius 3 is 1.62 bits per heavy atom. The monoisotopic (exact) mass is 322 g/mol. The lowest BCUT2D eigenvalue weighted by Crippen LogP contribution is -1.88.